The van der Waals surface area contributed by atoms with Crippen LogP contribution in [-0.2, 0) is 13.2 Å². The predicted octanol–water partition coefficient (Wildman–Crippen LogP) is 3.93. The van der Waals surface area contributed by atoms with Gasteiger partial charge in [0.15, 0.2) is 0 Å². The van der Waals surface area contributed by atoms with E-state index in [1.165, 1.54) is 12.1 Å². The molecular weight excluding hydrogens is 309 g/mol. The van der Waals surface area contributed by atoms with Crippen molar-refractivity contribution in [3.63, 3.8) is 0 Å². The van der Waals surface area contributed by atoms with Crippen LogP contribution in [0, 0.1) is 12.7 Å². The monoisotopic (exact) mass is 323 g/mol. The Morgan fingerprint density at radius 1 is 1.21 bits per heavy atom. The van der Waals surface area contributed by atoms with Crippen LogP contribution in [0.4, 0.5) is 4.39 Å². The molecule has 0 saturated carbocycles. The average molecular weight is 324 g/mol. The van der Waals surface area contributed by atoms with E-state index in [0.717, 1.165) is 21.2 Å². The third-order valence-corrected chi connectivity index (χ3v) is 3.62. The number of nitrogens with two attached hydrogens (primary N) is 1. The van der Waals surface area contributed by atoms with Crippen molar-refractivity contribution in [2.75, 3.05) is 0 Å². The van der Waals surface area contributed by atoms with Gasteiger partial charge in [0.05, 0.1) is 0 Å². The van der Waals surface area contributed by atoms with Crippen LogP contribution in [0.1, 0.15) is 16.7 Å². The summed E-state index contributed by atoms with van der Waals surface area (Å²) in [6.45, 7) is 2.78. The zero-order valence-corrected chi connectivity index (χ0v) is 12.2. The number of benzene rings is 2. The number of aryl methyl sites for hydroxylation is 1. The molecule has 0 saturated heterocycles. The van der Waals surface area contributed by atoms with Crippen LogP contribution < -0.4 is 10.5 Å². The molecule has 0 fully saturated rings. The lowest BCUT2D eigenvalue weighted by Crippen LogP contribution is -2.01. The number of hydrogen-bond acceptors (Lipinski definition) is 2. The molecule has 0 radical (unpaired) electrons. The van der Waals surface area contributed by atoms with Crippen molar-refractivity contribution in [2.45, 2.75) is 20.1 Å². The van der Waals surface area contributed by atoms with E-state index in [-0.39, 0.29) is 5.82 Å². The van der Waals surface area contributed by atoms with Crippen LogP contribution >= 0.6 is 15.9 Å². The molecule has 0 aliphatic rings. The van der Waals surface area contributed by atoms with Gasteiger partial charge in [-0.1, -0.05) is 34.1 Å². The van der Waals surface area contributed by atoms with Crippen molar-refractivity contribution in [1.29, 1.82) is 0 Å². The fraction of sp³-hybridized carbons (Fsp3) is 0.200. The molecular formula is C15H15BrFNO. The first-order chi connectivity index (χ1) is 9.10. The standard InChI is InChI=1S/C15H15BrFNO/c1-10-2-5-13(17)7-15(10)19-9-12-4-3-11(8-18)6-14(12)16/h2-7H,8-9,18H2,1H3. The van der Waals surface area contributed by atoms with Crippen LogP contribution in [-0.4, -0.2) is 0 Å². The van der Waals surface area contributed by atoms with Gasteiger partial charge < -0.3 is 10.5 Å². The highest BCUT2D eigenvalue weighted by Gasteiger charge is 2.05. The van der Waals surface area contributed by atoms with E-state index in [9.17, 15) is 4.39 Å². The van der Waals surface area contributed by atoms with Crippen molar-refractivity contribution in [1.82, 2.24) is 0 Å². The summed E-state index contributed by atoms with van der Waals surface area (Å²) in [5.74, 6) is 0.271. The lowest BCUT2D eigenvalue weighted by atomic mass is 10.1. The summed E-state index contributed by atoms with van der Waals surface area (Å²) in [7, 11) is 0. The minimum Gasteiger partial charge on any atom is -0.488 e. The van der Waals surface area contributed by atoms with Crippen molar-refractivity contribution in [2.24, 2.45) is 5.73 Å². The minimum absolute atomic E-state index is 0.293. The number of hydrogen-bond donors (Lipinski definition) is 1. The first kappa shape index (κ1) is 14.0. The summed E-state index contributed by atoms with van der Waals surface area (Å²) in [6.07, 6.45) is 0. The van der Waals surface area contributed by atoms with Crippen LogP contribution in [0.5, 0.6) is 5.75 Å². The van der Waals surface area contributed by atoms with E-state index in [0.29, 0.717) is 18.9 Å². The van der Waals surface area contributed by atoms with E-state index in [2.05, 4.69) is 15.9 Å². The second-order valence-corrected chi connectivity index (χ2v) is 5.18. The van der Waals surface area contributed by atoms with Gasteiger partial charge in [-0.25, -0.2) is 4.39 Å². The molecule has 0 atom stereocenters. The lowest BCUT2D eigenvalue weighted by Gasteiger charge is -2.11. The Morgan fingerprint density at radius 2 is 2.00 bits per heavy atom. The first-order valence-corrected chi connectivity index (χ1v) is 6.76. The van der Waals surface area contributed by atoms with Crippen molar-refractivity contribution in [3.05, 3.63) is 63.4 Å². The molecule has 100 valence electrons. The van der Waals surface area contributed by atoms with Gasteiger partial charge in [-0.2, -0.15) is 0 Å². The SMILES string of the molecule is Cc1ccc(F)cc1OCc1ccc(CN)cc1Br. The van der Waals surface area contributed by atoms with Gasteiger partial charge in [0.1, 0.15) is 18.2 Å². The Kier molecular flexibility index (Phi) is 4.56. The van der Waals surface area contributed by atoms with Gasteiger partial charge in [0.25, 0.3) is 0 Å². The average Bonchev–Trinajstić information content (AvgIpc) is 2.40. The molecule has 0 aliphatic heterocycles. The number of ether oxygens (including phenoxy) is 1. The second kappa shape index (κ2) is 6.17. The summed E-state index contributed by atoms with van der Waals surface area (Å²) in [4.78, 5) is 0. The molecule has 0 bridgehead atoms. The van der Waals surface area contributed by atoms with E-state index < -0.39 is 0 Å². The fourth-order valence-corrected chi connectivity index (χ4v) is 2.26. The van der Waals surface area contributed by atoms with Gasteiger partial charge in [-0.3, -0.25) is 0 Å². The molecule has 0 heterocycles. The van der Waals surface area contributed by atoms with Gasteiger partial charge in [0, 0.05) is 22.6 Å². The summed E-state index contributed by atoms with van der Waals surface area (Å²) in [5.41, 5.74) is 8.54. The third kappa shape index (κ3) is 3.55. The highest BCUT2D eigenvalue weighted by Crippen LogP contribution is 2.23. The van der Waals surface area contributed by atoms with Crippen LogP contribution in [0.15, 0.2) is 40.9 Å². The van der Waals surface area contributed by atoms with E-state index in [1.54, 1.807) is 6.07 Å². The van der Waals surface area contributed by atoms with E-state index in [4.69, 9.17) is 10.5 Å². The summed E-state index contributed by atoms with van der Waals surface area (Å²) < 4.78 is 19.8. The second-order valence-electron chi connectivity index (χ2n) is 4.33. The predicted molar refractivity (Wildman–Crippen MR) is 77.5 cm³/mol. The maximum Gasteiger partial charge on any atom is 0.126 e. The number of rotatable bonds is 4. The molecule has 2 nitrogen and oxygen atoms in total. The molecule has 2 aromatic rings. The summed E-state index contributed by atoms with van der Waals surface area (Å²) in [6, 6.07) is 10.4. The Hall–Kier alpha value is -1.39. The quantitative estimate of drug-likeness (QED) is 0.925. The molecule has 2 rings (SSSR count). The largest absolute Gasteiger partial charge is 0.488 e. The minimum atomic E-state index is -0.293. The van der Waals surface area contributed by atoms with Crippen molar-refractivity contribution in [3.8, 4) is 5.75 Å². The van der Waals surface area contributed by atoms with Crippen LogP contribution in [0.3, 0.4) is 0 Å². The Morgan fingerprint density at radius 3 is 2.68 bits per heavy atom. The Bertz CT molecular complexity index is 586. The molecule has 0 aliphatic carbocycles. The maximum absolute atomic E-state index is 13.1. The zero-order chi connectivity index (χ0) is 13.8. The lowest BCUT2D eigenvalue weighted by molar-refractivity contribution is 0.301. The number of halogens is 2. The summed E-state index contributed by atoms with van der Waals surface area (Å²) in [5, 5.41) is 0. The molecule has 0 unspecified atom stereocenters. The van der Waals surface area contributed by atoms with Gasteiger partial charge in [-0.05, 0) is 30.2 Å². The van der Waals surface area contributed by atoms with E-state index >= 15 is 0 Å². The van der Waals surface area contributed by atoms with Gasteiger partial charge in [0.2, 0.25) is 0 Å². The molecule has 0 spiro atoms. The first-order valence-electron chi connectivity index (χ1n) is 5.96. The van der Waals surface area contributed by atoms with Gasteiger partial charge >= 0.3 is 0 Å². The Balaban J connectivity index is 2.12. The molecule has 2 N–H and O–H groups in total. The molecule has 2 aromatic carbocycles. The third-order valence-electron chi connectivity index (χ3n) is 2.89. The zero-order valence-electron chi connectivity index (χ0n) is 10.6. The smallest absolute Gasteiger partial charge is 0.126 e. The molecule has 0 amide bonds. The van der Waals surface area contributed by atoms with Crippen molar-refractivity contribution >= 4 is 15.9 Å². The topological polar surface area (TPSA) is 35.2 Å². The van der Waals surface area contributed by atoms with Gasteiger partial charge in [-0.15, -0.1) is 0 Å². The fourth-order valence-electron chi connectivity index (χ4n) is 1.72. The molecule has 0 aromatic heterocycles. The van der Waals surface area contributed by atoms with Crippen LogP contribution in [0.25, 0.3) is 0 Å². The normalized spacial score (nSPS) is 10.5. The van der Waals surface area contributed by atoms with Crippen LogP contribution in [0.2, 0.25) is 0 Å². The highest BCUT2D eigenvalue weighted by molar-refractivity contribution is 9.10. The van der Waals surface area contributed by atoms with E-state index in [1.807, 2.05) is 25.1 Å². The maximum atomic E-state index is 13.1. The van der Waals surface area contributed by atoms with Crippen molar-refractivity contribution < 1.29 is 9.13 Å². The molecule has 19 heavy (non-hydrogen) atoms. The molecule has 4 heteroatoms. The summed E-state index contributed by atoms with van der Waals surface area (Å²) >= 11 is 3.48. The highest BCUT2D eigenvalue weighted by atomic mass is 79.9. The Labute approximate surface area is 120 Å².